The van der Waals surface area contributed by atoms with E-state index in [2.05, 4.69) is 28.8 Å². The second-order valence-electron chi connectivity index (χ2n) is 4.80. The summed E-state index contributed by atoms with van der Waals surface area (Å²) in [5, 5.41) is 7.12. The van der Waals surface area contributed by atoms with Crippen molar-refractivity contribution >= 4 is 23.0 Å². The van der Waals surface area contributed by atoms with Crippen molar-refractivity contribution in [3.8, 4) is 5.75 Å². The molecule has 0 aliphatic carbocycles. The molecule has 1 heterocycles. The molecule has 0 saturated carbocycles. The Balaban J connectivity index is 1.92. The quantitative estimate of drug-likeness (QED) is 0.852. The van der Waals surface area contributed by atoms with E-state index in [1.165, 1.54) is 5.56 Å². The Morgan fingerprint density at radius 1 is 1.00 bits per heavy atom. The molecule has 1 aliphatic heterocycles. The van der Waals surface area contributed by atoms with Crippen molar-refractivity contribution in [1.29, 1.82) is 0 Å². The van der Waals surface area contributed by atoms with Crippen LogP contribution in [0, 0.1) is 0 Å². The van der Waals surface area contributed by atoms with Gasteiger partial charge in [-0.2, -0.15) is 0 Å². The van der Waals surface area contributed by atoms with Gasteiger partial charge in [0.05, 0.1) is 13.2 Å². The van der Waals surface area contributed by atoms with Gasteiger partial charge in [-0.05, 0) is 53.7 Å². The maximum Gasteiger partial charge on any atom is 0.171 e. The third-order valence-corrected chi connectivity index (χ3v) is 3.65. The van der Waals surface area contributed by atoms with Gasteiger partial charge in [0.15, 0.2) is 5.11 Å². The summed E-state index contributed by atoms with van der Waals surface area (Å²) in [6, 6.07) is 18.3. The highest BCUT2D eigenvalue weighted by atomic mass is 32.1. The van der Waals surface area contributed by atoms with Crippen LogP contribution in [0.3, 0.4) is 0 Å². The molecule has 1 atom stereocenters. The van der Waals surface area contributed by atoms with E-state index >= 15 is 0 Å². The van der Waals surface area contributed by atoms with Crippen LogP contribution in [0.1, 0.15) is 17.2 Å². The lowest BCUT2D eigenvalue weighted by Crippen LogP contribution is -2.40. The first kappa shape index (κ1) is 13.6. The number of hydrogen-bond acceptors (Lipinski definition) is 2. The zero-order valence-electron chi connectivity index (χ0n) is 11.7. The van der Waals surface area contributed by atoms with Gasteiger partial charge in [-0.1, -0.05) is 30.3 Å². The minimum Gasteiger partial charge on any atom is -0.497 e. The topological polar surface area (TPSA) is 33.3 Å². The van der Waals surface area contributed by atoms with E-state index in [0.29, 0.717) is 5.11 Å². The lowest BCUT2D eigenvalue weighted by molar-refractivity contribution is 0.415. The zero-order chi connectivity index (χ0) is 14.7. The second-order valence-corrected chi connectivity index (χ2v) is 5.20. The largest absolute Gasteiger partial charge is 0.497 e. The van der Waals surface area contributed by atoms with Crippen molar-refractivity contribution in [2.75, 3.05) is 7.11 Å². The summed E-state index contributed by atoms with van der Waals surface area (Å²) in [5.74, 6) is 0.843. The molecule has 0 fully saturated rings. The fraction of sp³-hybridized carbons (Fsp3) is 0.118. The second kappa shape index (κ2) is 5.97. The molecule has 0 radical (unpaired) electrons. The minimum atomic E-state index is 0.0806. The van der Waals surface area contributed by atoms with Crippen LogP contribution < -0.4 is 15.4 Å². The van der Waals surface area contributed by atoms with Crippen LogP contribution in [0.15, 0.2) is 60.7 Å². The van der Waals surface area contributed by atoms with Crippen LogP contribution in [0.4, 0.5) is 0 Å². The molecule has 2 aromatic carbocycles. The molecule has 3 rings (SSSR count). The van der Waals surface area contributed by atoms with Gasteiger partial charge in [-0.15, -0.1) is 0 Å². The molecule has 2 aromatic rings. The third kappa shape index (κ3) is 3.06. The van der Waals surface area contributed by atoms with E-state index in [1.54, 1.807) is 7.11 Å². The van der Waals surface area contributed by atoms with Crippen LogP contribution in [0.5, 0.6) is 5.75 Å². The highest BCUT2D eigenvalue weighted by Crippen LogP contribution is 2.24. The molecule has 0 bridgehead atoms. The predicted molar refractivity (Wildman–Crippen MR) is 89.0 cm³/mol. The standard InChI is InChI=1S/C17H16N2OS/c1-20-14-9-7-13(8-10-14)16-11-15(18-17(21)19-16)12-5-3-2-4-6-12/h2-11,15H,1H3,(H2,18,19,21)/t15-/m0/s1. The van der Waals surface area contributed by atoms with Crippen molar-refractivity contribution in [1.82, 2.24) is 10.6 Å². The molecule has 0 spiro atoms. The molecule has 0 saturated heterocycles. The summed E-state index contributed by atoms with van der Waals surface area (Å²) in [7, 11) is 1.66. The summed E-state index contributed by atoms with van der Waals surface area (Å²) in [6.07, 6.45) is 2.15. The molecule has 1 aliphatic rings. The Morgan fingerprint density at radius 2 is 1.71 bits per heavy atom. The highest BCUT2D eigenvalue weighted by molar-refractivity contribution is 7.80. The Bertz CT molecular complexity index is 665. The average Bonchev–Trinajstić information content (AvgIpc) is 2.55. The molecule has 4 heteroatoms. The van der Waals surface area contributed by atoms with Gasteiger partial charge in [0.25, 0.3) is 0 Å². The third-order valence-electron chi connectivity index (χ3n) is 3.43. The van der Waals surface area contributed by atoms with Crippen molar-refractivity contribution in [2.24, 2.45) is 0 Å². The van der Waals surface area contributed by atoms with Gasteiger partial charge < -0.3 is 15.4 Å². The number of ether oxygens (including phenoxy) is 1. The van der Waals surface area contributed by atoms with Gasteiger partial charge in [-0.25, -0.2) is 0 Å². The summed E-state index contributed by atoms with van der Waals surface area (Å²) in [5.41, 5.74) is 3.28. The summed E-state index contributed by atoms with van der Waals surface area (Å²) < 4.78 is 5.19. The number of methoxy groups -OCH3 is 1. The van der Waals surface area contributed by atoms with Crippen LogP contribution in [0.25, 0.3) is 5.70 Å². The van der Waals surface area contributed by atoms with Crippen molar-refractivity contribution in [2.45, 2.75) is 6.04 Å². The normalized spacial score (nSPS) is 17.5. The zero-order valence-corrected chi connectivity index (χ0v) is 12.5. The van der Waals surface area contributed by atoms with E-state index in [0.717, 1.165) is 17.0 Å². The fourth-order valence-electron chi connectivity index (χ4n) is 2.33. The highest BCUT2D eigenvalue weighted by Gasteiger charge is 2.18. The molecule has 3 nitrogen and oxygen atoms in total. The summed E-state index contributed by atoms with van der Waals surface area (Å²) in [4.78, 5) is 0. The Hall–Kier alpha value is -2.33. The molecule has 106 valence electrons. The molecule has 0 amide bonds. The first-order valence-corrected chi connectivity index (χ1v) is 7.16. The van der Waals surface area contributed by atoms with E-state index in [1.807, 2.05) is 42.5 Å². The predicted octanol–water partition coefficient (Wildman–Crippen LogP) is 3.26. The van der Waals surface area contributed by atoms with Gasteiger partial charge in [0.1, 0.15) is 5.75 Å². The molecular weight excluding hydrogens is 280 g/mol. The maximum absolute atomic E-state index is 5.32. The van der Waals surface area contributed by atoms with Gasteiger partial charge in [-0.3, -0.25) is 0 Å². The first-order valence-electron chi connectivity index (χ1n) is 6.75. The van der Waals surface area contributed by atoms with Crippen LogP contribution in [-0.2, 0) is 0 Å². The van der Waals surface area contributed by atoms with E-state index in [4.69, 9.17) is 17.0 Å². The van der Waals surface area contributed by atoms with Crippen molar-refractivity contribution < 1.29 is 4.74 Å². The fourth-order valence-corrected chi connectivity index (χ4v) is 2.57. The Labute approximate surface area is 129 Å². The van der Waals surface area contributed by atoms with Gasteiger partial charge in [0, 0.05) is 5.70 Å². The van der Waals surface area contributed by atoms with E-state index in [-0.39, 0.29) is 6.04 Å². The van der Waals surface area contributed by atoms with Crippen LogP contribution in [0.2, 0.25) is 0 Å². The van der Waals surface area contributed by atoms with E-state index < -0.39 is 0 Å². The van der Waals surface area contributed by atoms with Crippen LogP contribution >= 0.6 is 12.2 Å². The Kier molecular flexibility index (Phi) is 3.88. The van der Waals surface area contributed by atoms with Gasteiger partial charge >= 0.3 is 0 Å². The molecular formula is C17H16N2OS. The lowest BCUT2D eigenvalue weighted by atomic mass is 10.0. The number of rotatable bonds is 3. The molecule has 21 heavy (non-hydrogen) atoms. The Morgan fingerprint density at radius 3 is 2.38 bits per heavy atom. The monoisotopic (exact) mass is 296 g/mol. The number of nitrogens with one attached hydrogen (secondary N) is 2. The summed E-state index contributed by atoms with van der Waals surface area (Å²) in [6.45, 7) is 0. The summed E-state index contributed by atoms with van der Waals surface area (Å²) >= 11 is 5.32. The van der Waals surface area contributed by atoms with E-state index in [9.17, 15) is 0 Å². The average molecular weight is 296 g/mol. The SMILES string of the molecule is COc1ccc(C2=C[C@@H](c3ccccc3)NC(=S)N2)cc1. The smallest absolute Gasteiger partial charge is 0.171 e. The van der Waals surface area contributed by atoms with Gasteiger partial charge in [0.2, 0.25) is 0 Å². The number of benzene rings is 2. The number of thiocarbonyl (C=S) groups is 1. The molecule has 2 N–H and O–H groups in total. The van der Waals surface area contributed by atoms with Crippen molar-refractivity contribution in [3.63, 3.8) is 0 Å². The maximum atomic E-state index is 5.32. The van der Waals surface area contributed by atoms with Crippen LogP contribution in [-0.4, -0.2) is 12.2 Å². The molecule has 0 aromatic heterocycles. The first-order chi connectivity index (χ1) is 10.3. The minimum absolute atomic E-state index is 0.0806. The van der Waals surface area contributed by atoms with Crippen molar-refractivity contribution in [3.05, 3.63) is 71.8 Å². The molecule has 0 unspecified atom stereocenters. The number of hydrogen-bond donors (Lipinski definition) is 2. The lowest BCUT2D eigenvalue weighted by Gasteiger charge is -2.26.